The second kappa shape index (κ2) is 13.4. The summed E-state index contributed by atoms with van der Waals surface area (Å²) >= 11 is 0. The van der Waals surface area contributed by atoms with E-state index in [2.05, 4.69) is 4.72 Å². The van der Waals surface area contributed by atoms with Crippen LogP contribution in [0.3, 0.4) is 0 Å². The summed E-state index contributed by atoms with van der Waals surface area (Å²) in [5.41, 5.74) is 0.742. The van der Waals surface area contributed by atoms with E-state index < -0.39 is 33.9 Å². The first-order valence-electron chi connectivity index (χ1n) is 13.9. The lowest BCUT2D eigenvalue weighted by Gasteiger charge is -2.34. The van der Waals surface area contributed by atoms with E-state index in [1.54, 1.807) is 48.2 Å². The highest BCUT2D eigenvalue weighted by molar-refractivity contribution is 7.92. The molecule has 0 fully saturated rings. The third kappa shape index (κ3) is 8.27. The number of aliphatic hydroxyl groups is 1. The lowest BCUT2D eigenvalue weighted by Crippen LogP contribution is -2.47. The van der Waals surface area contributed by atoms with Crippen LogP contribution in [0.2, 0.25) is 0 Å². The summed E-state index contributed by atoms with van der Waals surface area (Å²) in [6.45, 7) is 4.52. The Labute approximate surface area is 250 Å². The van der Waals surface area contributed by atoms with Gasteiger partial charge in [-0.25, -0.2) is 8.42 Å². The highest BCUT2D eigenvalue weighted by Crippen LogP contribution is 2.31. The van der Waals surface area contributed by atoms with Crippen molar-refractivity contribution < 1.29 is 36.2 Å². The molecule has 0 radical (unpaired) electrons. The highest BCUT2D eigenvalue weighted by Gasteiger charge is 2.32. The van der Waals surface area contributed by atoms with E-state index >= 15 is 0 Å². The molecule has 1 heterocycles. The molecule has 0 spiro atoms. The number of rotatable bonds is 9. The van der Waals surface area contributed by atoms with Gasteiger partial charge in [0, 0.05) is 36.8 Å². The SMILES string of the molecule is C[C@H](CO)N1C[C@H](C)[C@@H](CN(C)Cc2ccc(C(F)(F)F)cc2)Oc2ccc(NS(=O)(=O)c3ccccc3)cc2CC1=O. The van der Waals surface area contributed by atoms with Gasteiger partial charge in [0.15, 0.2) is 0 Å². The number of alkyl halides is 3. The Kier molecular flexibility index (Phi) is 10.0. The summed E-state index contributed by atoms with van der Waals surface area (Å²) in [6, 6.07) is 17.3. The molecule has 3 aromatic carbocycles. The third-order valence-electron chi connectivity index (χ3n) is 7.45. The van der Waals surface area contributed by atoms with E-state index in [1.807, 2.05) is 18.9 Å². The van der Waals surface area contributed by atoms with Crippen molar-refractivity contribution in [1.82, 2.24) is 9.80 Å². The van der Waals surface area contributed by atoms with E-state index in [4.69, 9.17) is 4.74 Å². The number of aliphatic hydroxyl groups excluding tert-OH is 1. The molecule has 12 heteroatoms. The normalized spacial score (nSPS) is 18.7. The van der Waals surface area contributed by atoms with Gasteiger partial charge in [-0.3, -0.25) is 14.4 Å². The van der Waals surface area contributed by atoms with Crippen molar-refractivity contribution in [3.8, 4) is 5.75 Å². The number of hydrogen-bond donors (Lipinski definition) is 2. The van der Waals surface area contributed by atoms with Gasteiger partial charge in [-0.2, -0.15) is 13.2 Å². The number of halogens is 3. The number of nitrogens with one attached hydrogen (secondary N) is 1. The molecule has 1 aliphatic heterocycles. The summed E-state index contributed by atoms with van der Waals surface area (Å²) in [7, 11) is -2.03. The van der Waals surface area contributed by atoms with Crippen LogP contribution in [-0.2, 0) is 34.0 Å². The van der Waals surface area contributed by atoms with Gasteiger partial charge in [-0.05, 0) is 62.0 Å². The van der Waals surface area contributed by atoms with E-state index in [-0.39, 0.29) is 35.4 Å². The number of nitrogens with zero attached hydrogens (tertiary/aromatic N) is 2. The monoisotopic (exact) mass is 619 g/mol. The molecule has 3 aromatic rings. The second-order valence-corrected chi connectivity index (χ2v) is 12.7. The Hall–Kier alpha value is -3.61. The second-order valence-electron chi connectivity index (χ2n) is 11.0. The van der Waals surface area contributed by atoms with Gasteiger partial charge >= 0.3 is 6.18 Å². The van der Waals surface area contributed by atoms with Crippen molar-refractivity contribution >= 4 is 21.6 Å². The molecule has 0 saturated heterocycles. The van der Waals surface area contributed by atoms with Crippen LogP contribution < -0.4 is 9.46 Å². The average molecular weight is 620 g/mol. The van der Waals surface area contributed by atoms with Crippen molar-refractivity contribution in [2.75, 3.05) is 31.5 Å². The lowest BCUT2D eigenvalue weighted by molar-refractivity contribution is -0.137. The minimum absolute atomic E-state index is 0.0680. The van der Waals surface area contributed by atoms with E-state index in [1.165, 1.54) is 24.3 Å². The van der Waals surface area contributed by atoms with Crippen LogP contribution in [0.5, 0.6) is 5.75 Å². The predicted octanol–water partition coefficient (Wildman–Crippen LogP) is 4.79. The topological polar surface area (TPSA) is 99.2 Å². The smallest absolute Gasteiger partial charge is 0.416 e. The van der Waals surface area contributed by atoms with Crippen LogP contribution in [0.15, 0.2) is 77.7 Å². The Bertz CT molecular complexity index is 1500. The van der Waals surface area contributed by atoms with Crippen molar-refractivity contribution in [3.63, 3.8) is 0 Å². The summed E-state index contributed by atoms with van der Waals surface area (Å²) in [4.78, 5) is 17.1. The molecule has 8 nitrogen and oxygen atoms in total. The number of anilines is 1. The molecule has 1 amide bonds. The zero-order valence-corrected chi connectivity index (χ0v) is 25.0. The number of carbonyl (C=O) groups is 1. The molecule has 2 N–H and O–H groups in total. The number of hydrogen-bond acceptors (Lipinski definition) is 6. The first kappa shape index (κ1) is 32.3. The maximum Gasteiger partial charge on any atom is 0.416 e. The van der Waals surface area contributed by atoms with Crippen molar-refractivity contribution in [2.45, 2.75) is 50.0 Å². The van der Waals surface area contributed by atoms with Crippen molar-refractivity contribution in [3.05, 3.63) is 89.5 Å². The summed E-state index contributed by atoms with van der Waals surface area (Å²) in [6.07, 6.45) is -4.92. The molecule has 0 aromatic heterocycles. The van der Waals surface area contributed by atoms with Gasteiger partial charge in [0.2, 0.25) is 5.91 Å². The van der Waals surface area contributed by atoms with Gasteiger partial charge in [0.05, 0.1) is 29.5 Å². The molecule has 232 valence electrons. The van der Waals surface area contributed by atoms with Crippen LogP contribution in [0, 0.1) is 5.92 Å². The molecule has 0 unspecified atom stereocenters. The van der Waals surface area contributed by atoms with Crippen LogP contribution in [-0.4, -0.2) is 68.1 Å². The molecule has 43 heavy (non-hydrogen) atoms. The van der Waals surface area contributed by atoms with Crippen LogP contribution >= 0.6 is 0 Å². The number of carbonyl (C=O) groups excluding carboxylic acids is 1. The maximum atomic E-state index is 13.4. The van der Waals surface area contributed by atoms with Gasteiger partial charge in [-0.1, -0.05) is 37.3 Å². The van der Waals surface area contributed by atoms with Gasteiger partial charge in [0.1, 0.15) is 11.9 Å². The quantitative estimate of drug-likeness (QED) is 0.358. The Morgan fingerprint density at radius 1 is 1.09 bits per heavy atom. The van der Waals surface area contributed by atoms with Crippen molar-refractivity contribution in [1.29, 1.82) is 0 Å². The maximum absolute atomic E-state index is 13.4. The van der Waals surface area contributed by atoms with Gasteiger partial charge < -0.3 is 14.7 Å². The standard InChI is InChI=1S/C31H36F3N3O5S/c1-21-17-37(22(2)20-38)30(39)16-24-15-26(35-43(40,41)27-7-5-4-6-8-27)13-14-28(24)42-29(21)19-36(3)18-23-9-11-25(12-10-23)31(32,33)34/h4-15,21-22,29,35,38H,16-20H2,1-3H3/t21-,22+,29+/m0/s1. The van der Waals surface area contributed by atoms with E-state index in [0.29, 0.717) is 36.5 Å². The minimum Gasteiger partial charge on any atom is -0.488 e. The molecule has 1 aliphatic rings. The molecule has 0 bridgehead atoms. The van der Waals surface area contributed by atoms with Gasteiger partial charge in [0.25, 0.3) is 10.0 Å². The summed E-state index contributed by atoms with van der Waals surface area (Å²) in [5.74, 6) is 0.00424. The number of sulfonamides is 1. The molecule has 4 rings (SSSR count). The van der Waals surface area contributed by atoms with E-state index in [0.717, 1.165) is 12.1 Å². The number of fused-ring (bicyclic) bond motifs is 1. The zero-order chi connectivity index (χ0) is 31.4. The minimum atomic E-state index is -4.41. The number of ether oxygens (including phenoxy) is 1. The fraction of sp³-hybridized carbons (Fsp3) is 0.387. The third-order valence-corrected chi connectivity index (χ3v) is 8.84. The fourth-order valence-corrected chi connectivity index (χ4v) is 6.08. The Morgan fingerprint density at radius 2 is 1.77 bits per heavy atom. The molecule has 0 aliphatic carbocycles. The molecule has 0 saturated carbocycles. The summed E-state index contributed by atoms with van der Waals surface area (Å²) < 4.78 is 73.8. The molecule has 3 atom stereocenters. The van der Waals surface area contributed by atoms with Crippen LogP contribution in [0.1, 0.15) is 30.5 Å². The molecular formula is C31H36F3N3O5S. The lowest BCUT2D eigenvalue weighted by atomic mass is 10.0. The van der Waals surface area contributed by atoms with Crippen LogP contribution in [0.4, 0.5) is 18.9 Å². The number of likely N-dealkylation sites (N-methyl/N-ethyl adjacent to an activating group) is 1. The number of amides is 1. The Balaban J connectivity index is 1.60. The number of benzene rings is 3. The first-order valence-corrected chi connectivity index (χ1v) is 15.4. The van der Waals surface area contributed by atoms with Crippen LogP contribution in [0.25, 0.3) is 0 Å². The largest absolute Gasteiger partial charge is 0.488 e. The van der Waals surface area contributed by atoms with Crippen molar-refractivity contribution in [2.24, 2.45) is 5.92 Å². The zero-order valence-electron chi connectivity index (χ0n) is 24.2. The summed E-state index contributed by atoms with van der Waals surface area (Å²) in [5, 5.41) is 9.86. The average Bonchev–Trinajstić information content (AvgIpc) is 3.00. The van der Waals surface area contributed by atoms with Gasteiger partial charge in [-0.15, -0.1) is 0 Å². The predicted molar refractivity (Wildman–Crippen MR) is 157 cm³/mol. The highest BCUT2D eigenvalue weighted by atomic mass is 32.2. The fourth-order valence-electron chi connectivity index (χ4n) is 5.01. The first-order chi connectivity index (χ1) is 20.3. The van der Waals surface area contributed by atoms with E-state index in [9.17, 15) is 31.5 Å². The molecular weight excluding hydrogens is 583 g/mol. The Morgan fingerprint density at radius 3 is 2.40 bits per heavy atom.